The third-order valence-electron chi connectivity index (χ3n) is 3.07. The Balaban J connectivity index is 2.66. The molecule has 0 heterocycles. The lowest BCUT2D eigenvalue weighted by Gasteiger charge is -2.33. The first-order chi connectivity index (χ1) is 7.42. The Labute approximate surface area is 93.6 Å². The summed E-state index contributed by atoms with van der Waals surface area (Å²) in [6.45, 7) is -0.294. The van der Waals surface area contributed by atoms with Crippen LogP contribution in [0.15, 0.2) is 0 Å². The predicted molar refractivity (Wildman–Crippen MR) is 55.7 cm³/mol. The molecule has 1 atom stereocenters. The molecular formula is C10H18F2N2O2. The molecular weight excluding hydrogens is 218 g/mol. The van der Waals surface area contributed by atoms with Gasteiger partial charge in [0.05, 0.1) is 6.54 Å². The zero-order valence-corrected chi connectivity index (χ0v) is 9.54. The second kappa shape index (κ2) is 5.05. The van der Waals surface area contributed by atoms with E-state index >= 15 is 0 Å². The van der Waals surface area contributed by atoms with E-state index in [-0.39, 0.29) is 12.5 Å². The van der Waals surface area contributed by atoms with Crippen molar-refractivity contribution in [1.82, 2.24) is 10.2 Å². The average Bonchev–Trinajstić information content (AvgIpc) is 2.95. The fourth-order valence-corrected chi connectivity index (χ4v) is 2.06. The Kier molecular flexibility index (Phi) is 4.21. The van der Waals surface area contributed by atoms with Crippen LogP contribution in [0, 0.1) is 5.92 Å². The van der Waals surface area contributed by atoms with Gasteiger partial charge in [0.25, 0.3) is 6.43 Å². The number of nitrogens with zero attached hydrogens (tertiary/aromatic N) is 1. The number of alkyl halides is 2. The molecule has 0 amide bonds. The Hall–Kier alpha value is -0.750. The Morgan fingerprint density at radius 2 is 2.19 bits per heavy atom. The van der Waals surface area contributed by atoms with E-state index < -0.39 is 24.5 Å². The lowest BCUT2D eigenvalue weighted by molar-refractivity contribution is -0.146. The van der Waals surface area contributed by atoms with Gasteiger partial charge in [0.2, 0.25) is 0 Å². The van der Waals surface area contributed by atoms with Crippen molar-refractivity contribution in [2.75, 3.05) is 27.2 Å². The Morgan fingerprint density at radius 1 is 1.62 bits per heavy atom. The highest BCUT2D eigenvalue weighted by Crippen LogP contribution is 2.40. The summed E-state index contributed by atoms with van der Waals surface area (Å²) in [7, 11) is 3.09. The molecule has 1 rings (SSSR count). The monoisotopic (exact) mass is 236 g/mol. The Morgan fingerprint density at radius 3 is 2.50 bits per heavy atom. The number of aliphatic carboxylic acids is 1. The molecule has 16 heavy (non-hydrogen) atoms. The molecule has 2 N–H and O–H groups in total. The Bertz CT molecular complexity index is 259. The van der Waals surface area contributed by atoms with Crippen molar-refractivity contribution >= 4 is 5.97 Å². The third-order valence-corrected chi connectivity index (χ3v) is 3.07. The zero-order chi connectivity index (χ0) is 12.3. The lowest BCUT2D eigenvalue weighted by Crippen LogP contribution is -2.59. The number of carbonyl (C=O) groups is 1. The van der Waals surface area contributed by atoms with Crippen LogP contribution < -0.4 is 5.32 Å². The van der Waals surface area contributed by atoms with Gasteiger partial charge in [0.1, 0.15) is 5.54 Å². The van der Waals surface area contributed by atoms with Crippen molar-refractivity contribution in [2.24, 2.45) is 5.92 Å². The summed E-state index contributed by atoms with van der Waals surface area (Å²) in [6, 6.07) is 0. The first-order valence-electron chi connectivity index (χ1n) is 5.31. The maximum Gasteiger partial charge on any atom is 0.325 e. The van der Waals surface area contributed by atoms with E-state index in [1.807, 2.05) is 0 Å². The van der Waals surface area contributed by atoms with Gasteiger partial charge in [-0.2, -0.15) is 0 Å². The summed E-state index contributed by atoms with van der Waals surface area (Å²) in [6.07, 6.45) is -0.752. The predicted octanol–water partition coefficient (Wildman–Crippen LogP) is 0.636. The normalized spacial score (nSPS) is 20.1. The van der Waals surface area contributed by atoms with Gasteiger partial charge in [0, 0.05) is 6.54 Å². The molecule has 0 spiro atoms. The molecule has 4 nitrogen and oxygen atoms in total. The van der Waals surface area contributed by atoms with E-state index in [4.69, 9.17) is 0 Å². The van der Waals surface area contributed by atoms with E-state index in [1.165, 1.54) is 11.9 Å². The molecule has 0 radical (unpaired) electrons. The van der Waals surface area contributed by atoms with Crippen molar-refractivity contribution < 1.29 is 18.7 Å². The highest BCUT2D eigenvalue weighted by atomic mass is 19.3. The molecule has 1 saturated carbocycles. The lowest BCUT2D eigenvalue weighted by atomic mass is 9.93. The zero-order valence-electron chi connectivity index (χ0n) is 9.54. The van der Waals surface area contributed by atoms with Gasteiger partial charge < -0.3 is 10.4 Å². The molecule has 6 heteroatoms. The molecule has 0 aromatic carbocycles. The van der Waals surface area contributed by atoms with Crippen LogP contribution in [0.4, 0.5) is 8.78 Å². The number of rotatable bonds is 7. The van der Waals surface area contributed by atoms with Crippen LogP contribution in [0.1, 0.15) is 12.8 Å². The highest BCUT2D eigenvalue weighted by Gasteiger charge is 2.50. The largest absolute Gasteiger partial charge is 0.480 e. The average molecular weight is 236 g/mol. The second-order valence-electron chi connectivity index (χ2n) is 4.39. The van der Waals surface area contributed by atoms with Crippen LogP contribution in [-0.2, 0) is 4.79 Å². The number of hydrogen-bond donors (Lipinski definition) is 2. The fraction of sp³-hybridized carbons (Fsp3) is 0.900. The topological polar surface area (TPSA) is 52.6 Å². The highest BCUT2D eigenvalue weighted by molar-refractivity contribution is 5.80. The maximum atomic E-state index is 12.2. The summed E-state index contributed by atoms with van der Waals surface area (Å²) in [5.74, 6) is -0.909. The standard InChI is InChI=1S/C10H18F2N2O2/c1-13-10(9(15)16,7-3-4-7)6-14(2)5-8(11)12/h7-8,13H,3-6H2,1-2H3,(H,15,16). The van der Waals surface area contributed by atoms with Gasteiger partial charge in [-0.15, -0.1) is 0 Å². The number of nitrogens with one attached hydrogen (secondary N) is 1. The minimum Gasteiger partial charge on any atom is -0.480 e. The second-order valence-corrected chi connectivity index (χ2v) is 4.39. The summed E-state index contributed by atoms with van der Waals surface area (Å²) >= 11 is 0. The van der Waals surface area contributed by atoms with E-state index in [0.717, 1.165) is 12.8 Å². The number of halogens is 2. The van der Waals surface area contributed by atoms with Crippen LogP contribution in [0.3, 0.4) is 0 Å². The molecule has 1 aliphatic rings. The van der Waals surface area contributed by atoms with Crippen molar-refractivity contribution in [1.29, 1.82) is 0 Å². The third kappa shape index (κ3) is 2.89. The molecule has 94 valence electrons. The SMILES string of the molecule is CNC(CN(C)CC(F)F)(C(=O)O)C1CC1. The summed E-state index contributed by atoms with van der Waals surface area (Å²) in [4.78, 5) is 12.6. The van der Waals surface area contributed by atoms with Gasteiger partial charge in [-0.25, -0.2) is 8.78 Å². The van der Waals surface area contributed by atoms with Crippen molar-refractivity contribution in [3.63, 3.8) is 0 Å². The van der Waals surface area contributed by atoms with Crippen molar-refractivity contribution in [3.05, 3.63) is 0 Å². The maximum absolute atomic E-state index is 12.2. The van der Waals surface area contributed by atoms with Crippen molar-refractivity contribution in [3.8, 4) is 0 Å². The van der Waals surface area contributed by atoms with Crippen LogP contribution >= 0.6 is 0 Å². The summed E-state index contributed by atoms with van der Waals surface area (Å²) in [5.41, 5.74) is -1.08. The van der Waals surface area contributed by atoms with Gasteiger partial charge in [-0.05, 0) is 32.9 Å². The van der Waals surface area contributed by atoms with Crippen LogP contribution in [-0.4, -0.2) is 55.1 Å². The van der Waals surface area contributed by atoms with Crippen LogP contribution in [0.25, 0.3) is 0 Å². The van der Waals surface area contributed by atoms with E-state index in [1.54, 1.807) is 7.05 Å². The first kappa shape index (κ1) is 13.3. The van der Waals surface area contributed by atoms with E-state index in [0.29, 0.717) is 0 Å². The molecule has 0 saturated heterocycles. The number of carboxylic acid groups (broad SMARTS) is 1. The number of likely N-dealkylation sites (N-methyl/N-ethyl adjacent to an activating group) is 2. The van der Waals surface area contributed by atoms with Gasteiger partial charge >= 0.3 is 5.97 Å². The van der Waals surface area contributed by atoms with Crippen molar-refractivity contribution in [2.45, 2.75) is 24.8 Å². The molecule has 0 aromatic rings. The first-order valence-corrected chi connectivity index (χ1v) is 5.31. The quantitative estimate of drug-likeness (QED) is 0.681. The molecule has 1 aliphatic carbocycles. The van der Waals surface area contributed by atoms with E-state index in [2.05, 4.69) is 5.32 Å². The molecule has 1 fully saturated rings. The smallest absolute Gasteiger partial charge is 0.325 e. The molecule has 0 bridgehead atoms. The number of hydrogen-bond acceptors (Lipinski definition) is 3. The van der Waals surface area contributed by atoms with E-state index in [9.17, 15) is 18.7 Å². The van der Waals surface area contributed by atoms with Crippen LogP contribution in [0.2, 0.25) is 0 Å². The number of carboxylic acids is 1. The van der Waals surface area contributed by atoms with Gasteiger partial charge in [-0.1, -0.05) is 0 Å². The molecule has 1 unspecified atom stereocenters. The minimum atomic E-state index is -2.44. The molecule has 0 aliphatic heterocycles. The molecule has 0 aromatic heterocycles. The fourth-order valence-electron chi connectivity index (χ4n) is 2.06. The van der Waals surface area contributed by atoms with Gasteiger partial charge in [-0.3, -0.25) is 9.69 Å². The summed E-state index contributed by atoms with van der Waals surface area (Å²) in [5, 5.41) is 12.0. The van der Waals surface area contributed by atoms with Gasteiger partial charge in [0.15, 0.2) is 0 Å². The van der Waals surface area contributed by atoms with Crippen LogP contribution in [0.5, 0.6) is 0 Å². The minimum absolute atomic E-state index is 0.0510. The summed E-state index contributed by atoms with van der Waals surface area (Å²) < 4.78 is 24.3.